The van der Waals surface area contributed by atoms with Gasteiger partial charge in [-0.2, -0.15) is 0 Å². The highest BCUT2D eigenvalue weighted by Gasteiger charge is 2.18. The number of ether oxygens (including phenoxy) is 1. The van der Waals surface area contributed by atoms with Gasteiger partial charge in [0, 0.05) is 5.69 Å². The Morgan fingerprint density at radius 2 is 2.05 bits per heavy atom. The van der Waals surface area contributed by atoms with Crippen LogP contribution in [0.5, 0.6) is 0 Å². The maximum Gasteiger partial charge on any atom is 0.328 e. The molecule has 1 aromatic carbocycles. The summed E-state index contributed by atoms with van der Waals surface area (Å²) in [7, 11) is 0. The van der Waals surface area contributed by atoms with Crippen LogP contribution in [0.15, 0.2) is 30.6 Å². The van der Waals surface area contributed by atoms with Gasteiger partial charge in [-0.1, -0.05) is 17.7 Å². The van der Waals surface area contributed by atoms with E-state index in [0.717, 1.165) is 5.56 Å². The van der Waals surface area contributed by atoms with Crippen molar-refractivity contribution in [1.29, 1.82) is 0 Å². The zero-order valence-electron chi connectivity index (χ0n) is 11.7. The van der Waals surface area contributed by atoms with Crippen molar-refractivity contribution in [2.75, 3.05) is 5.32 Å². The van der Waals surface area contributed by atoms with Gasteiger partial charge in [0.15, 0.2) is 6.10 Å². The first-order valence-electron chi connectivity index (χ1n) is 6.32. The maximum atomic E-state index is 11.9. The molecule has 1 heterocycles. The van der Waals surface area contributed by atoms with Crippen LogP contribution in [-0.2, 0) is 20.9 Å². The van der Waals surface area contributed by atoms with Crippen molar-refractivity contribution >= 4 is 17.6 Å². The monoisotopic (exact) mass is 289 g/mol. The number of carbonyl (C=O) groups is 2. The van der Waals surface area contributed by atoms with Gasteiger partial charge >= 0.3 is 5.97 Å². The third-order valence-corrected chi connectivity index (χ3v) is 2.68. The van der Waals surface area contributed by atoms with Gasteiger partial charge in [-0.25, -0.2) is 4.68 Å². The zero-order chi connectivity index (χ0) is 15.2. The van der Waals surface area contributed by atoms with Crippen molar-refractivity contribution in [3.8, 4) is 0 Å². The molecule has 0 aliphatic rings. The molecule has 1 aromatic heterocycles. The normalized spacial score (nSPS) is 11.7. The average Bonchev–Trinajstić information content (AvgIpc) is 2.94. The fourth-order valence-corrected chi connectivity index (χ4v) is 1.55. The molecular weight excluding hydrogens is 274 g/mol. The van der Waals surface area contributed by atoms with E-state index in [9.17, 15) is 9.59 Å². The lowest BCUT2D eigenvalue weighted by Gasteiger charge is -2.13. The largest absolute Gasteiger partial charge is 0.451 e. The molecule has 0 saturated heterocycles. The molecule has 0 aliphatic heterocycles. The van der Waals surface area contributed by atoms with Gasteiger partial charge in [0.1, 0.15) is 12.9 Å². The number of benzene rings is 1. The van der Waals surface area contributed by atoms with Gasteiger partial charge in [0.25, 0.3) is 5.91 Å². The Morgan fingerprint density at radius 1 is 1.33 bits per heavy atom. The second-order valence-electron chi connectivity index (χ2n) is 4.49. The van der Waals surface area contributed by atoms with Crippen LogP contribution < -0.4 is 5.32 Å². The minimum atomic E-state index is -0.907. The van der Waals surface area contributed by atoms with E-state index in [1.807, 2.05) is 19.1 Å². The summed E-state index contributed by atoms with van der Waals surface area (Å²) in [6, 6.07) is 7.32. The highest BCUT2D eigenvalue weighted by atomic mass is 16.5. The van der Waals surface area contributed by atoms with Crippen LogP contribution in [0.3, 0.4) is 0 Å². The molecule has 110 valence electrons. The number of aryl methyl sites for hydroxylation is 1. The van der Waals surface area contributed by atoms with Crippen LogP contribution in [0.4, 0.5) is 5.69 Å². The maximum absolute atomic E-state index is 11.9. The molecule has 0 spiro atoms. The molecule has 2 aromatic rings. The number of nitrogens with zero attached hydrogens (tertiary/aromatic N) is 4. The predicted molar refractivity (Wildman–Crippen MR) is 73.2 cm³/mol. The second-order valence-corrected chi connectivity index (χ2v) is 4.49. The Morgan fingerprint density at radius 3 is 2.67 bits per heavy atom. The average molecular weight is 289 g/mol. The number of aromatic nitrogens is 4. The summed E-state index contributed by atoms with van der Waals surface area (Å²) < 4.78 is 6.23. The highest BCUT2D eigenvalue weighted by molar-refractivity contribution is 5.95. The van der Waals surface area contributed by atoms with Crippen molar-refractivity contribution in [2.24, 2.45) is 0 Å². The topological polar surface area (TPSA) is 99.0 Å². The first-order chi connectivity index (χ1) is 10.0. The number of hydrogen-bond acceptors (Lipinski definition) is 6. The van der Waals surface area contributed by atoms with Crippen LogP contribution in [-0.4, -0.2) is 38.2 Å². The van der Waals surface area contributed by atoms with Gasteiger partial charge in [0.05, 0.1) is 0 Å². The predicted octanol–water partition coefficient (Wildman–Crippen LogP) is 0.552. The molecule has 0 aliphatic carbocycles. The van der Waals surface area contributed by atoms with Gasteiger partial charge in [0.2, 0.25) is 0 Å². The van der Waals surface area contributed by atoms with Gasteiger partial charge in [-0.3, -0.25) is 9.59 Å². The van der Waals surface area contributed by atoms with Crippen molar-refractivity contribution in [2.45, 2.75) is 26.5 Å². The quantitative estimate of drug-likeness (QED) is 0.807. The lowest BCUT2D eigenvalue weighted by Crippen LogP contribution is -2.31. The number of esters is 1. The number of amides is 1. The minimum absolute atomic E-state index is 0.144. The molecule has 8 nitrogen and oxygen atoms in total. The van der Waals surface area contributed by atoms with E-state index >= 15 is 0 Å². The minimum Gasteiger partial charge on any atom is -0.451 e. The molecule has 0 fully saturated rings. The molecule has 0 unspecified atom stereocenters. The number of carbonyl (C=O) groups excluding carboxylic acids is 2. The molecular formula is C13H15N5O3. The first-order valence-corrected chi connectivity index (χ1v) is 6.32. The van der Waals surface area contributed by atoms with E-state index in [0.29, 0.717) is 5.69 Å². The molecule has 0 radical (unpaired) electrons. The molecule has 1 N–H and O–H groups in total. The second kappa shape index (κ2) is 6.60. The molecule has 2 rings (SSSR count). The number of tetrazole rings is 1. The van der Waals surface area contributed by atoms with Gasteiger partial charge in [-0.15, -0.1) is 5.10 Å². The van der Waals surface area contributed by atoms with E-state index in [-0.39, 0.29) is 6.54 Å². The summed E-state index contributed by atoms with van der Waals surface area (Å²) >= 11 is 0. The first kappa shape index (κ1) is 14.6. The highest BCUT2D eigenvalue weighted by Crippen LogP contribution is 2.09. The standard InChI is InChI=1S/C13H15N5O3/c1-9-3-5-11(6-4-9)15-13(20)10(2)21-12(19)7-18-8-14-16-17-18/h3-6,8,10H,7H2,1-2H3,(H,15,20)/t10-/m0/s1. The van der Waals surface area contributed by atoms with E-state index in [2.05, 4.69) is 20.8 Å². The van der Waals surface area contributed by atoms with Crippen LogP contribution in [0.25, 0.3) is 0 Å². The van der Waals surface area contributed by atoms with Crippen LogP contribution in [0.2, 0.25) is 0 Å². The summed E-state index contributed by atoms with van der Waals surface area (Å²) in [5, 5.41) is 13.0. The van der Waals surface area contributed by atoms with Crippen LogP contribution in [0.1, 0.15) is 12.5 Å². The van der Waals surface area contributed by atoms with Crippen LogP contribution in [0, 0.1) is 6.92 Å². The van der Waals surface area contributed by atoms with Crippen molar-refractivity contribution in [3.05, 3.63) is 36.2 Å². The Balaban J connectivity index is 1.84. The van der Waals surface area contributed by atoms with E-state index in [4.69, 9.17) is 4.74 Å². The summed E-state index contributed by atoms with van der Waals surface area (Å²) in [5.41, 5.74) is 1.74. The number of anilines is 1. The Labute approximate surface area is 121 Å². The summed E-state index contributed by atoms with van der Waals surface area (Å²) in [6.07, 6.45) is 0.383. The molecule has 1 atom stereocenters. The number of rotatable bonds is 5. The lowest BCUT2D eigenvalue weighted by atomic mass is 10.2. The van der Waals surface area contributed by atoms with Crippen molar-refractivity contribution in [1.82, 2.24) is 20.2 Å². The summed E-state index contributed by atoms with van der Waals surface area (Å²) in [5.74, 6) is -0.988. The third-order valence-electron chi connectivity index (χ3n) is 2.68. The van der Waals surface area contributed by atoms with Gasteiger partial charge in [-0.05, 0) is 36.4 Å². The molecule has 0 bridgehead atoms. The van der Waals surface area contributed by atoms with E-state index < -0.39 is 18.0 Å². The van der Waals surface area contributed by atoms with E-state index in [1.54, 1.807) is 12.1 Å². The third kappa shape index (κ3) is 4.37. The molecule has 1 amide bonds. The number of hydrogen-bond donors (Lipinski definition) is 1. The van der Waals surface area contributed by atoms with Crippen molar-refractivity contribution in [3.63, 3.8) is 0 Å². The Hall–Kier alpha value is -2.77. The SMILES string of the molecule is Cc1ccc(NC(=O)[C@H](C)OC(=O)Cn2cnnn2)cc1. The smallest absolute Gasteiger partial charge is 0.328 e. The Bertz CT molecular complexity index is 609. The summed E-state index contributed by atoms with van der Waals surface area (Å²) in [4.78, 5) is 23.5. The lowest BCUT2D eigenvalue weighted by molar-refractivity contribution is -0.153. The molecule has 21 heavy (non-hydrogen) atoms. The molecule has 8 heteroatoms. The number of nitrogens with one attached hydrogen (secondary N) is 1. The fraction of sp³-hybridized carbons (Fsp3) is 0.308. The molecule has 0 saturated carbocycles. The Kier molecular flexibility index (Phi) is 4.60. The zero-order valence-corrected chi connectivity index (χ0v) is 11.7. The van der Waals surface area contributed by atoms with Crippen LogP contribution >= 0.6 is 0 Å². The summed E-state index contributed by atoms with van der Waals surface area (Å²) in [6.45, 7) is 3.31. The fourth-order valence-electron chi connectivity index (χ4n) is 1.55. The van der Waals surface area contributed by atoms with E-state index in [1.165, 1.54) is 17.9 Å². The van der Waals surface area contributed by atoms with Gasteiger partial charge < -0.3 is 10.1 Å². The van der Waals surface area contributed by atoms with Crippen molar-refractivity contribution < 1.29 is 14.3 Å².